The summed E-state index contributed by atoms with van der Waals surface area (Å²) in [6.45, 7) is 2.01. The van der Waals surface area contributed by atoms with Crippen LogP contribution in [0.5, 0.6) is 0 Å². The van der Waals surface area contributed by atoms with Gasteiger partial charge in [-0.2, -0.15) is 0 Å². The van der Waals surface area contributed by atoms with Crippen LogP contribution in [0.25, 0.3) is 22.6 Å². The third kappa shape index (κ3) is 1.66. The highest BCUT2D eigenvalue weighted by Crippen LogP contribution is 2.25. The van der Waals surface area contributed by atoms with Crippen LogP contribution in [0, 0.1) is 6.92 Å². The minimum absolute atomic E-state index is 0.620. The zero-order chi connectivity index (χ0) is 12.7. The molecule has 0 saturated carbocycles. The molecule has 5 heteroatoms. The van der Waals surface area contributed by atoms with E-state index in [-0.39, 0.29) is 0 Å². The Hall–Kier alpha value is -2.56. The van der Waals surface area contributed by atoms with Gasteiger partial charge in [0, 0.05) is 23.1 Å². The molecule has 3 rings (SSSR count). The van der Waals surface area contributed by atoms with Gasteiger partial charge in [0.2, 0.25) is 0 Å². The molecule has 0 aliphatic carbocycles. The molecule has 0 amide bonds. The van der Waals surface area contributed by atoms with Gasteiger partial charge in [-0.1, -0.05) is 0 Å². The molecule has 0 radical (unpaired) electrons. The van der Waals surface area contributed by atoms with Gasteiger partial charge < -0.3 is 16.5 Å². The van der Waals surface area contributed by atoms with E-state index in [1.54, 1.807) is 12.3 Å². The maximum Gasteiger partial charge on any atom is 0.178 e. The number of benzene rings is 1. The summed E-state index contributed by atoms with van der Waals surface area (Å²) in [6, 6.07) is 7.33. The molecule has 2 heterocycles. The first kappa shape index (κ1) is 10.6. The largest absolute Gasteiger partial charge is 0.399 e. The number of anilines is 2. The molecule has 0 atom stereocenters. The molecule has 0 fully saturated rings. The molecule has 5 nitrogen and oxygen atoms in total. The van der Waals surface area contributed by atoms with Crippen molar-refractivity contribution in [1.29, 1.82) is 0 Å². The molecule has 2 aromatic heterocycles. The highest BCUT2D eigenvalue weighted by Gasteiger charge is 2.08. The quantitative estimate of drug-likeness (QED) is 0.567. The van der Waals surface area contributed by atoms with Crippen LogP contribution in [-0.2, 0) is 0 Å². The fraction of sp³-hybridized carbons (Fsp3) is 0.0769. The smallest absolute Gasteiger partial charge is 0.178 e. The normalized spacial score (nSPS) is 10.9. The number of aromatic amines is 1. The fourth-order valence-corrected chi connectivity index (χ4v) is 1.99. The van der Waals surface area contributed by atoms with Gasteiger partial charge in [0.05, 0.1) is 5.52 Å². The summed E-state index contributed by atoms with van der Waals surface area (Å²) in [4.78, 5) is 11.9. The highest BCUT2D eigenvalue weighted by atomic mass is 15.0. The summed E-state index contributed by atoms with van der Waals surface area (Å²) in [5.41, 5.74) is 16.4. The first-order valence-corrected chi connectivity index (χ1v) is 5.61. The van der Waals surface area contributed by atoms with E-state index in [0.717, 1.165) is 22.5 Å². The molecule has 5 N–H and O–H groups in total. The Kier molecular flexibility index (Phi) is 2.19. The van der Waals surface area contributed by atoms with Crippen molar-refractivity contribution in [3.05, 3.63) is 36.0 Å². The van der Waals surface area contributed by atoms with Gasteiger partial charge >= 0.3 is 0 Å². The predicted molar refractivity (Wildman–Crippen MR) is 72.9 cm³/mol. The van der Waals surface area contributed by atoms with Crippen LogP contribution in [0.15, 0.2) is 30.5 Å². The van der Waals surface area contributed by atoms with E-state index in [1.165, 1.54) is 0 Å². The van der Waals surface area contributed by atoms with E-state index in [1.807, 2.05) is 25.1 Å². The number of aromatic nitrogens is 3. The number of hydrogen-bond donors (Lipinski definition) is 3. The third-order valence-electron chi connectivity index (χ3n) is 2.85. The summed E-state index contributed by atoms with van der Waals surface area (Å²) in [7, 11) is 0. The van der Waals surface area contributed by atoms with Crippen LogP contribution in [0.2, 0.25) is 0 Å². The van der Waals surface area contributed by atoms with Crippen LogP contribution in [0.1, 0.15) is 5.56 Å². The van der Waals surface area contributed by atoms with Crippen molar-refractivity contribution in [2.45, 2.75) is 6.92 Å². The summed E-state index contributed by atoms with van der Waals surface area (Å²) >= 11 is 0. The van der Waals surface area contributed by atoms with Gasteiger partial charge in [-0.05, 0) is 36.8 Å². The van der Waals surface area contributed by atoms with Gasteiger partial charge in [0.15, 0.2) is 5.65 Å². The molecular weight excluding hydrogens is 226 g/mol. The second kappa shape index (κ2) is 3.73. The van der Waals surface area contributed by atoms with Crippen molar-refractivity contribution in [1.82, 2.24) is 15.0 Å². The maximum atomic E-state index is 5.78. The SMILES string of the molecule is Cc1ccnc2nc(-c3cc(N)cc(N)c3)[nH]c12. The zero-order valence-corrected chi connectivity index (χ0v) is 9.94. The van der Waals surface area contributed by atoms with Crippen molar-refractivity contribution in [3.63, 3.8) is 0 Å². The van der Waals surface area contributed by atoms with Crippen molar-refractivity contribution >= 4 is 22.5 Å². The average molecular weight is 239 g/mol. The Balaban J connectivity index is 2.22. The van der Waals surface area contributed by atoms with Crippen molar-refractivity contribution in [2.75, 3.05) is 11.5 Å². The predicted octanol–water partition coefficient (Wildman–Crippen LogP) is 2.10. The molecule has 90 valence electrons. The number of imidazole rings is 1. The lowest BCUT2D eigenvalue weighted by Gasteiger charge is -2.01. The lowest BCUT2D eigenvalue weighted by Crippen LogP contribution is -1.92. The van der Waals surface area contributed by atoms with Crippen LogP contribution in [0.3, 0.4) is 0 Å². The van der Waals surface area contributed by atoms with Crippen molar-refractivity contribution in [2.24, 2.45) is 0 Å². The number of rotatable bonds is 1. The summed E-state index contributed by atoms with van der Waals surface area (Å²) in [5.74, 6) is 0.728. The molecule has 18 heavy (non-hydrogen) atoms. The van der Waals surface area contributed by atoms with E-state index < -0.39 is 0 Å². The molecule has 0 saturated heterocycles. The Morgan fingerprint density at radius 3 is 2.50 bits per heavy atom. The molecule has 1 aromatic carbocycles. The number of H-pyrrole nitrogens is 1. The van der Waals surface area contributed by atoms with Crippen LogP contribution in [0.4, 0.5) is 11.4 Å². The second-order valence-corrected chi connectivity index (χ2v) is 4.30. The monoisotopic (exact) mass is 239 g/mol. The van der Waals surface area contributed by atoms with Gasteiger partial charge in [-0.15, -0.1) is 0 Å². The number of nitrogens with two attached hydrogens (primary N) is 2. The molecule has 0 aliphatic heterocycles. The molecule has 3 aromatic rings. The standard InChI is InChI=1S/C13H13N5/c1-7-2-3-16-13-11(7)17-12(18-13)8-4-9(14)6-10(15)5-8/h2-6H,14-15H2,1H3,(H,16,17,18). The molecule has 0 spiro atoms. The Labute approximate surface area is 104 Å². The van der Waals surface area contributed by atoms with E-state index in [2.05, 4.69) is 15.0 Å². The first-order chi connectivity index (χ1) is 8.63. The Morgan fingerprint density at radius 1 is 1.11 bits per heavy atom. The van der Waals surface area contributed by atoms with Crippen molar-refractivity contribution in [3.8, 4) is 11.4 Å². The van der Waals surface area contributed by atoms with Crippen LogP contribution in [-0.4, -0.2) is 15.0 Å². The lowest BCUT2D eigenvalue weighted by atomic mass is 10.1. The first-order valence-electron chi connectivity index (χ1n) is 5.61. The minimum Gasteiger partial charge on any atom is -0.399 e. The third-order valence-corrected chi connectivity index (χ3v) is 2.85. The number of pyridine rings is 1. The fourth-order valence-electron chi connectivity index (χ4n) is 1.99. The maximum absolute atomic E-state index is 5.78. The highest BCUT2D eigenvalue weighted by molar-refractivity contribution is 5.80. The topological polar surface area (TPSA) is 93.6 Å². The van der Waals surface area contributed by atoms with Crippen molar-refractivity contribution < 1.29 is 0 Å². The van der Waals surface area contributed by atoms with Gasteiger partial charge in [0.25, 0.3) is 0 Å². The number of nitrogen functional groups attached to an aromatic ring is 2. The zero-order valence-electron chi connectivity index (χ0n) is 9.94. The number of nitrogens with one attached hydrogen (secondary N) is 1. The van der Waals surface area contributed by atoms with Gasteiger partial charge in [0.1, 0.15) is 5.82 Å². The number of hydrogen-bond acceptors (Lipinski definition) is 4. The average Bonchev–Trinajstić information content (AvgIpc) is 2.73. The number of nitrogens with zero attached hydrogens (tertiary/aromatic N) is 2. The lowest BCUT2D eigenvalue weighted by molar-refractivity contribution is 1.30. The van der Waals surface area contributed by atoms with Crippen LogP contribution < -0.4 is 11.5 Å². The summed E-state index contributed by atoms with van der Waals surface area (Å²) in [6.07, 6.45) is 1.75. The summed E-state index contributed by atoms with van der Waals surface area (Å²) in [5, 5.41) is 0. The van der Waals surface area contributed by atoms with Crippen LogP contribution >= 0.6 is 0 Å². The molecule has 0 bridgehead atoms. The van der Waals surface area contributed by atoms with Gasteiger partial charge in [-0.3, -0.25) is 0 Å². The summed E-state index contributed by atoms with van der Waals surface area (Å²) < 4.78 is 0. The van der Waals surface area contributed by atoms with E-state index in [0.29, 0.717) is 17.0 Å². The Bertz CT molecular complexity index is 709. The molecule has 0 aliphatic rings. The second-order valence-electron chi connectivity index (χ2n) is 4.30. The minimum atomic E-state index is 0.620. The molecule has 0 unspecified atom stereocenters. The van der Waals surface area contributed by atoms with E-state index in [4.69, 9.17) is 11.5 Å². The number of aryl methyl sites for hydroxylation is 1. The number of fused-ring (bicyclic) bond motifs is 1. The van der Waals surface area contributed by atoms with Gasteiger partial charge in [-0.25, -0.2) is 9.97 Å². The molecular formula is C13H13N5. The Morgan fingerprint density at radius 2 is 1.83 bits per heavy atom. The van der Waals surface area contributed by atoms with E-state index >= 15 is 0 Å². The van der Waals surface area contributed by atoms with E-state index in [9.17, 15) is 0 Å².